The lowest BCUT2D eigenvalue weighted by molar-refractivity contribution is -0.115. The molecule has 1 amide bonds. The lowest BCUT2D eigenvalue weighted by Crippen LogP contribution is -2.40. The predicted octanol–water partition coefficient (Wildman–Crippen LogP) is 5.74. The molecule has 51 heavy (non-hydrogen) atoms. The van der Waals surface area contributed by atoms with Gasteiger partial charge in [-0.05, 0) is 23.3 Å². The third-order valence-electron chi connectivity index (χ3n) is 9.01. The highest BCUT2D eigenvalue weighted by Gasteiger charge is 2.48. The minimum Gasteiger partial charge on any atom is -0.457 e. The average molecular weight is 705 g/mol. The maximum atomic E-state index is 13.0. The molecule has 0 spiro atoms. The smallest absolute Gasteiger partial charge is 0.457 e. The van der Waals surface area contributed by atoms with E-state index in [9.17, 15) is 19.0 Å². The van der Waals surface area contributed by atoms with Crippen molar-refractivity contribution in [1.29, 1.82) is 0 Å². The molecule has 14 heteroatoms. The molecule has 4 heterocycles. The Kier molecular flexibility index (Phi) is 8.72. The van der Waals surface area contributed by atoms with Crippen molar-refractivity contribution in [3.05, 3.63) is 148 Å². The van der Waals surface area contributed by atoms with Crippen LogP contribution < -0.4 is 15.6 Å². The zero-order chi connectivity index (χ0) is 35.0. The van der Waals surface area contributed by atoms with Crippen LogP contribution in [-0.4, -0.2) is 49.1 Å². The average Bonchev–Trinajstić information content (AvgIpc) is 3.74. The highest BCUT2D eigenvalue weighted by atomic mass is 31.1. The number of imidazole rings is 1. The summed E-state index contributed by atoms with van der Waals surface area (Å²) in [4.78, 5) is 46.9. The lowest BCUT2D eigenvalue weighted by atomic mass is 9.77. The van der Waals surface area contributed by atoms with E-state index in [1.165, 1.54) is 6.33 Å². The molecule has 2 aliphatic rings. The first-order chi connectivity index (χ1) is 24.9. The lowest BCUT2D eigenvalue weighted by Gasteiger charge is -2.41. The molecule has 2 aliphatic heterocycles. The Morgan fingerprint density at radius 3 is 2.29 bits per heavy atom. The Balaban J connectivity index is 1.11. The molecule has 4 aromatic carbocycles. The second kappa shape index (κ2) is 13.6. The number of H-pyrrole nitrogens is 1. The summed E-state index contributed by atoms with van der Waals surface area (Å²) in [5.74, 6) is 0.836. The number of aromatic nitrogens is 4. The zero-order valence-electron chi connectivity index (χ0n) is 26.9. The van der Waals surface area contributed by atoms with E-state index in [4.69, 9.17) is 18.7 Å². The molecule has 8 rings (SSSR count). The predicted molar refractivity (Wildman–Crippen MR) is 185 cm³/mol. The van der Waals surface area contributed by atoms with Crippen LogP contribution in [0.2, 0.25) is 0 Å². The molecule has 1 fully saturated rings. The number of nitrogens with zero attached hydrogens (tertiary/aromatic N) is 3. The summed E-state index contributed by atoms with van der Waals surface area (Å²) in [5.41, 5.74) is 1.69. The van der Waals surface area contributed by atoms with Crippen LogP contribution in [0.4, 0.5) is 5.95 Å². The first kappa shape index (κ1) is 32.6. The quantitative estimate of drug-likeness (QED) is 0.150. The van der Waals surface area contributed by atoms with Crippen LogP contribution in [0.1, 0.15) is 34.9 Å². The molecule has 3 N–H and O–H groups in total. The van der Waals surface area contributed by atoms with E-state index in [2.05, 4.69) is 20.3 Å². The topological polar surface area (TPSA) is 167 Å². The van der Waals surface area contributed by atoms with Gasteiger partial charge in [-0.25, -0.2) is 4.98 Å². The molecule has 2 aromatic heterocycles. The Hall–Kier alpha value is -5.56. The Morgan fingerprint density at radius 1 is 0.961 bits per heavy atom. The summed E-state index contributed by atoms with van der Waals surface area (Å²) >= 11 is 0. The third kappa shape index (κ3) is 6.22. The van der Waals surface area contributed by atoms with Crippen molar-refractivity contribution in [3.63, 3.8) is 0 Å². The minimum absolute atomic E-state index is 0.0310. The molecule has 0 aliphatic carbocycles. The van der Waals surface area contributed by atoms with Crippen LogP contribution in [0, 0.1) is 0 Å². The van der Waals surface area contributed by atoms with Gasteiger partial charge in [-0.2, -0.15) is 4.98 Å². The van der Waals surface area contributed by atoms with Gasteiger partial charge in [0.05, 0.1) is 19.4 Å². The monoisotopic (exact) mass is 704 g/mol. The molecular weight excluding hydrogens is 673 g/mol. The van der Waals surface area contributed by atoms with Gasteiger partial charge in [0.15, 0.2) is 16.8 Å². The van der Waals surface area contributed by atoms with Crippen LogP contribution in [0.25, 0.3) is 11.2 Å². The summed E-state index contributed by atoms with van der Waals surface area (Å²) in [6.07, 6.45) is -0.936. The van der Waals surface area contributed by atoms with Crippen molar-refractivity contribution in [2.75, 3.05) is 11.9 Å². The van der Waals surface area contributed by atoms with Crippen molar-refractivity contribution in [2.24, 2.45) is 0 Å². The number of rotatable bonds is 10. The van der Waals surface area contributed by atoms with Gasteiger partial charge in [-0.3, -0.25) is 24.5 Å². The number of benzene rings is 4. The summed E-state index contributed by atoms with van der Waals surface area (Å²) < 4.78 is 38.8. The first-order valence-corrected chi connectivity index (χ1v) is 17.4. The van der Waals surface area contributed by atoms with Gasteiger partial charge < -0.3 is 14.2 Å². The largest absolute Gasteiger partial charge is 0.695 e. The van der Waals surface area contributed by atoms with E-state index in [1.54, 1.807) is 4.57 Å². The number of anilines is 1. The van der Waals surface area contributed by atoms with Gasteiger partial charge in [0, 0.05) is 22.1 Å². The molecule has 1 saturated heterocycles. The fourth-order valence-electron chi connectivity index (χ4n) is 6.79. The number of hydrogen-bond acceptors (Lipinski definition) is 9. The number of hydrogen-bond donors (Lipinski definition) is 3. The summed E-state index contributed by atoms with van der Waals surface area (Å²) in [6.45, 7) is -0.0661. The molecule has 256 valence electrons. The second-order valence-electron chi connectivity index (χ2n) is 12.1. The standard InChI is InChI=1S/C37H30N5O8P/c43-31(19-23-11-3-1-4-12-23)39-36-40-34-33(35(44)41-36)38-22-42(34)32-20-29(50-51(45)46)30(49-32)21-47-37(24-13-5-2-6-14-24)25-15-7-9-17-27(25)48-28-18-10-8-16-26(28)37/h1-18,22,29-30,32H,19-21H2,(H2-,39,40,41,43,44,45,46)/p+1/t29-,30+,32+/m0/s1. The van der Waals surface area contributed by atoms with Crippen LogP contribution in [0.3, 0.4) is 0 Å². The maximum absolute atomic E-state index is 13.0. The number of ether oxygens (including phenoxy) is 3. The molecule has 13 nitrogen and oxygen atoms in total. The second-order valence-corrected chi connectivity index (χ2v) is 12.8. The van der Waals surface area contributed by atoms with E-state index in [0.29, 0.717) is 11.5 Å². The number of carbonyl (C=O) groups is 1. The number of fused-ring (bicyclic) bond motifs is 3. The minimum atomic E-state index is -3.01. The summed E-state index contributed by atoms with van der Waals surface area (Å²) in [6, 6.07) is 34.2. The first-order valence-electron chi connectivity index (χ1n) is 16.2. The number of amides is 1. The Labute approximate surface area is 291 Å². The molecule has 6 aromatic rings. The molecule has 1 unspecified atom stereocenters. The Bertz CT molecular complexity index is 2250. The van der Waals surface area contributed by atoms with Crippen LogP contribution >= 0.6 is 8.25 Å². The fraction of sp³-hybridized carbons (Fsp3) is 0.189. The molecule has 0 saturated carbocycles. The summed E-state index contributed by atoms with van der Waals surface area (Å²) in [7, 11) is -3.01. The molecule has 0 bridgehead atoms. The van der Waals surface area contributed by atoms with E-state index in [0.717, 1.165) is 22.3 Å². The summed E-state index contributed by atoms with van der Waals surface area (Å²) in [5, 5.41) is 2.65. The number of para-hydroxylation sites is 2. The van der Waals surface area contributed by atoms with E-state index >= 15 is 0 Å². The zero-order valence-corrected chi connectivity index (χ0v) is 27.8. The molecular formula is C37H31N5O8P+. The maximum Gasteiger partial charge on any atom is 0.695 e. The van der Waals surface area contributed by atoms with E-state index < -0.39 is 37.9 Å². The molecule has 4 atom stereocenters. The van der Waals surface area contributed by atoms with Crippen molar-refractivity contribution in [3.8, 4) is 11.5 Å². The SMILES string of the molecule is O=C(Cc1ccccc1)Nc1nc2c(ncn2[C@H]2C[C@H](O[P+](=O)O)[C@@H](COC3(c4ccccc4)c4ccccc4Oc4ccccc43)O2)c(=O)[nH]1. The van der Waals surface area contributed by atoms with Crippen LogP contribution in [0.15, 0.2) is 120 Å². The van der Waals surface area contributed by atoms with Gasteiger partial charge in [0.2, 0.25) is 11.9 Å². The highest BCUT2D eigenvalue weighted by Crippen LogP contribution is 2.52. The van der Waals surface area contributed by atoms with Gasteiger partial charge in [-0.15, -0.1) is 9.42 Å². The van der Waals surface area contributed by atoms with Gasteiger partial charge in [0.1, 0.15) is 29.9 Å². The number of nitrogens with one attached hydrogen (secondary N) is 2. The van der Waals surface area contributed by atoms with Crippen LogP contribution in [-0.2, 0) is 35.4 Å². The molecule has 0 radical (unpaired) electrons. The van der Waals surface area contributed by atoms with Crippen molar-refractivity contribution in [1.82, 2.24) is 19.5 Å². The van der Waals surface area contributed by atoms with Gasteiger partial charge >= 0.3 is 8.25 Å². The van der Waals surface area contributed by atoms with E-state index in [-0.39, 0.29) is 42.5 Å². The number of aromatic amines is 1. The third-order valence-corrected chi connectivity index (χ3v) is 9.46. The van der Waals surface area contributed by atoms with Gasteiger partial charge in [0.25, 0.3) is 5.56 Å². The van der Waals surface area contributed by atoms with Crippen LogP contribution in [0.5, 0.6) is 11.5 Å². The normalized spacial score (nSPS) is 19.2. The fourth-order valence-corrected chi connectivity index (χ4v) is 7.24. The van der Waals surface area contributed by atoms with Crippen molar-refractivity contribution < 1.29 is 33.0 Å². The van der Waals surface area contributed by atoms with E-state index in [1.807, 2.05) is 109 Å². The highest BCUT2D eigenvalue weighted by molar-refractivity contribution is 7.32. The number of carbonyl (C=O) groups excluding carboxylic acids is 1. The Morgan fingerprint density at radius 2 is 1.61 bits per heavy atom. The van der Waals surface area contributed by atoms with Crippen molar-refractivity contribution in [2.45, 2.75) is 36.9 Å². The van der Waals surface area contributed by atoms with Gasteiger partial charge in [-0.1, -0.05) is 97.1 Å². The van der Waals surface area contributed by atoms with Crippen molar-refractivity contribution >= 4 is 31.3 Å².